The maximum atomic E-state index is 14.3. The molecule has 1 saturated heterocycles. The monoisotopic (exact) mass is 443 g/mol. The molecule has 2 heterocycles. The average Bonchev–Trinajstić information content (AvgIpc) is 3.11. The molecule has 166 valence electrons. The molecule has 0 bridgehead atoms. The fourth-order valence-electron chi connectivity index (χ4n) is 3.89. The van der Waals surface area contributed by atoms with Crippen molar-refractivity contribution in [1.29, 1.82) is 0 Å². The summed E-state index contributed by atoms with van der Waals surface area (Å²) in [5.74, 6) is -3.52. The third-order valence-corrected chi connectivity index (χ3v) is 5.57. The first-order chi connectivity index (χ1) is 15.3. The SMILES string of the molecule is O=C(CCc1c(-c2ccc(F)cc2)[nH]c2c(F)cc(F)cc12)NCC1CCC(=O)NC1=O. The van der Waals surface area contributed by atoms with E-state index in [1.807, 2.05) is 0 Å². The zero-order valence-corrected chi connectivity index (χ0v) is 16.9. The zero-order valence-electron chi connectivity index (χ0n) is 16.9. The highest BCUT2D eigenvalue weighted by Crippen LogP contribution is 2.33. The van der Waals surface area contributed by atoms with Crippen molar-refractivity contribution < 1.29 is 27.6 Å². The van der Waals surface area contributed by atoms with Gasteiger partial charge >= 0.3 is 0 Å². The van der Waals surface area contributed by atoms with E-state index in [9.17, 15) is 27.6 Å². The quantitative estimate of drug-likeness (QED) is 0.511. The van der Waals surface area contributed by atoms with Crippen LogP contribution in [0.25, 0.3) is 22.2 Å². The van der Waals surface area contributed by atoms with E-state index in [0.717, 1.165) is 6.07 Å². The van der Waals surface area contributed by atoms with Gasteiger partial charge < -0.3 is 10.3 Å². The minimum absolute atomic E-state index is 0.00650. The molecule has 1 atom stereocenters. The van der Waals surface area contributed by atoms with Crippen molar-refractivity contribution in [2.45, 2.75) is 25.7 Å². The summed E-state index contributed by atoms with van der Waals surface area (Å²) >= 11 is 0. The van der Waals surface area contributed by atoms with E-state index in [1.165, 1.54) is 30.3 Å². The number of fused-ring (bicyclic) bond motifs is 1. The van der Waals surface area contributed by atoms with Gasteiger partial charge in [-0.15, -0.1) is 0 Å². The molecular formula is C23H20F3N3O3. The molecule has 1 aromatic heterocycles. The van der Waals surface area contributed by atoms with Crippen LogP contribution in [0, 0.1) is 23.4 Å². The number of H-pyrrole nitrogens is 1. The zero-order chi connectivity index (χ0) is 22.8. The lowest BCUT2D eigenvalue weighted by molar-refractivity contribution is -0.136. The number of piperidine rings is 1. The fourth-order valence-corrected chi connectivity index (χ4v) is 3.89. The molecule has 1 aliphatic rings. The fraction of sp³-hybridized carbons (Fsp3) is 0.261. The number of hydrogen-bond donors (Lipinski definition) is 3. The van der Waals surface area contributed by atoms with Crippen LogP contribution in [0.15, 0.2) is 36.4 Å². The Kier molecular flexibility index (Phi) is 5.98. The summed E-state index contributed by atoms with van der Waals surface area (Å²) in [6.45, 7) is 0.0971. The number of carbonyl (C=O) groups is 3. The van der Waals surface area contributed by atoms with Gasteiger partial charge in [-0.3, -0.25) is 19.7 Å². The van der Waals surface area contributed by atoms with Crippen molar-refractivity contribution in [3.05, 3.63) is 59.4 Å². The van der Waals surface area contributed by atoms with Crippen LogP contribution in [0.1, 0.15) is 24.8 Å². The Morgan fingerprint density at radius 3 is 2.53 bits per heavy atom. The lowest BCUT2D eigenvalue weighted by Gasteiger charge is -2.20. The number of rotatable bonds is 6. The van der Waals surface area contributed by atoms with Gasteiger partial charge in [-0.05, 0) is 54.3 Å². The largest absolute Gasteiger partial charge is 0.355 e. The van der Waals surface area contributed by atoms with Gasteiger partial charge in [-0.1, -0.05) is 0 Å². The first kappa shape index (κ1) is 21.6. The van der Waals surface area contributed by atoms with E-state index >= 15 is 0 Å². The second kappa shape index (κ2) is 8.86. The number of halogens is 3. The van der Waals surface area contributed by atoms with Crippen LogP contribution in [0.4, 0.5) is 13.2 Å². The number of carbonyl (C=O) groups excluding carboxylic acids is 3. The van der Waals surface area contributed by atoms with Gasteiger partial charge in [0.25, 0.3) is 0 Å². The average molecular weight is 443 g/mol. The van der Waals surface area contributed by atoms with Gasteiger partial charge in [-0.2, -0.15) is 0 Å². The summed E-state index contributed by atoms with van der Waals surface area (Å²) in [6.07, 6.45) is 0.754. The van der Waals surface area contributed by atoms with E-state index in [0.29, 0.717) is 28.6 Å². The van der Waals surface area contributed by atoms with Crippen molar-refractivity contribution >= 4 is 28.6 Å². The van der Waals surface area contributed by atoms with Crippen molar-refractivity contribution in [3.8, 4) is 11.3 Å². The van der Waals surface area contributed by atoms with E-state index < -0.39 is 29.3 Å². The number of aromatic amines is 1. The lowest BCUT2D eigenvalue weighted by atomic mass is 9.98. The molecule has 9 heteroatoms. The highest BCUT2D eigenvalue weighted by Gasteiger charge is 2.26. The number of nitrogens with one attached hydrogen (secondary N) is 3. The number of hydrogen-bond acceptors (Lipinski definition) is 3. The minimum Gasteiger partial charge on any atom is -0.355 e. The van der Waals surface area contributed by atoms with Crippen molar-refractivity contribution in [2.75, 3.05) is 6.54 Å². The summed E-state index contributed by atoms with van der Waals surface area (Å²) in [5, 5.41) is 5.22. The van der Waals surface area contributed by atoms with Gasteiger partial charge in [0.2, 0.25) is 17.7 Å². The molecular weight excluding hydrogens is 423 g/mol. The highest BCUT2D eigenvalue weighted by molar-refractivity contribution is 5.99. The Hall–Kier alpha value is -3.62. The van der Waals surface area contributed by atoms with Gasteiger partial charge in [-0.25, -0.2) is 13.2 Å². The second-order valence-electron chi connectivity index (χ2n) is 7.75. The Bertz CT molecular complexity index is 1200. The van der Waals surface area contributed by atoms with Gasteiger partial charge in [0, 0.05) is 36.5 Å². The lowest BCUT2D eigenvalue weighted by Crippen LogP contribution is -2.45. The van der Waals surface area contributed by atoms with Crippen molar-refractivity contribution in [1.82, 2.24) is 15.6 Å². The first-order valence-corrected chi connectivity index (χ1v) is 10.2. The molecule has 0 saturated carbocycles. The molecule has 1 fully saturated rings. The maximum Gasteiger partial charge on any atom is 0.231 e. The molecule has 1 aliphatic heterocycles. The molecule has 0 spiro atoms. The third kappa shape index (κ3) is 4.51. The molecule has 32 heavy (non-hydrogen) atoms. The Morgan fingerprint density at radius 2 is 1.81 bits per heavy atom. The van der Waals surface area contributed by atoms with Crippen molar-refractivity contribution in [3.63, 3.8) is 0 Å². The summed E-state index contributed by atoms with van der Waals surface area (Å²) < 4.78 is 41.6. The molecule has 1 unspecified atom stereocenters. The topological polar surface area (TPSA) is 91.1 Å². The first-order valence-electron chi connectivity index (χ1n) is 10.2. The summed E-state index contributed by atoms with van der Waals surface area (Å²) in [7, 11) is 0. The standard InChI is InChI=1S/C23H20F3N3O3/c24-14-4-1-12(2-5-14)21-16(17-9-15(25)10-18(26)22(17)29-21)6-8-19(30)27-11-13-3-7-20(31)28-23(13)32/h1-2,4-5,9-10,13,29H,3,6-8,11H2,(H,27,30)(H,28,31,32). The molecule has 6 nitrogen and oxygen atoms in total. The van der Waals surface area contributed by atoms with Crippen LogP contribution in [-0.2, 0) is 20.8 Å². The third-order valence-electron chi connectivity index (χ3n) is 5.57. The van der Waals surface area contributed by atoms with Gasteiger partial charge in [0.15, 0.2) is 0 Å². The van der Waals surface area contributed by atoms with Gasteiger partial charge in [0.05, 0.1) is 11.4 Å². The number of imide groups is 1. The number of amides is 3. The maximum absolute atomic E-state index is 14.3. The number of benzene rings is 2. The Balaban J connectivity index is 1.53. The number of aryl methyl sites for hydroxylation is 1. The molecule has 0 aliphatic carbocycles. The second-order valence-corrected chi connectivity index (χ2v) is 7.75. The molecule has 3 N–H and O–H groups in total. The molecule has 4 rings (SSSR count). The molecule has 2 aromatic carbocycles. The Labute approximate surface area is 181 Å². The van der Waals surface area contributed by atoms with Crippen LogP contribution < -0.4 is 10.6 Å². The minimum atomic E-state index is -0.767. The number of aromatic nitrogens is 1. The van der Waals surface area contributed by atoms with E-state index in [1.54, 1.807) is 0 Å². The predicted octanol–water partition coefficient (Wildman–Crippen LogP) is 3.35. The van der Waals surface area contributed by atoms with Crippen LogP contribution in [0.5, 0.6) is 0 Å². The van der Waals surface area contributed by atoms with E-state index in [4.69, 9.17) is 0 Å². The molecule has 3 aromatic rings. The van der Waals surface area contributed by atoms with Gasteiger partial charge in [0.1, 0.15) is 17.5 Å². The van der Waals surface area contributed by atoms with Crippen LogP contribution in [-0.4, -0.2) is 29.3 Å². The summed E-state index contributed by atoms with van der Waals surface area (Å²) in [4.78, 5) is 38.4. The van der Waals surface area contributed by atoms with E-state index in [2.05, 4.69) is 15.6 Å². The molecule has 3 amide bonds. The van der Waals surface area contributed by atoms with Crippen LogP contribution >= 0.6 is 0 Å². The smallest absolute Gasteiger partial charge is 0.231 e. The van der Waals surface area contributed by atoms with E-state index in [-0.39, 0.29) is 43.1 Å². The Morgan fingerprint density at radius 1 is 1.06 bits per heavy atom. The summed E-state index contributed by atoms with van der Waals surface area (Å²) in [6, 6.07) is 7.51. The predicted molar refractivity (Wildman–Crippen MR) is 111 cm³/mol. The molecule has 0 radical (unpaired) electrons. The highest BCUT2D eigenvalue weighted by atomic mass is 19.1. The van der Waals surface area contributed by atoms with Crippen LogP contribution in [0.3, 0.4) is 0 Å². The summed E-state index contributed by atoms with van der Waals surface area (Å²) in [5.41, 5.74) is 1.68. The normalized spacial score (nSPS) is 16.3. The van der Waals surface area contributed by atoms with Crippen molar-refractivity contribution in [2.24, 2.45) is 5.92 Å². The van der Waals surface area contributed by atoms with Crippen LogP contribution in [0.2, 0.25) is 0 Å².